The minimum absolute atomic E-state index is 0.724. The highest BCUT2D eigenvalue weighted by Crippen LogP contribution is 2.33. The summed E-state index contributed by atoms with van der Waals surface area (Å²) >= 11 is 3.75. The summed E-state index contributed by atoms with van der Waals surface area (Å²) in [5.41, 5.74) is 2.45. The van der Waals surface area contributed by atoms with Crippen LogP contribution < -0.4 is 0 Å². The highest BCUT2D eigenvalue weighted by atomic mass is 79.9. The van der Waals surface area contributed by atoms with E-state index in [1.807, 2.05) is 0 Å². The fraction of sp³-hybridized carbons (Fsp3) is 0.562. The molecular weight excluding hydrogens is 300 g/mol. The van der Waals surface area contributed by atoms with Crippen molar-refractivity contribution >= 4 is 27.0 Å². The molecule has 1 aromatic heterocycles. The second-order valence-corrected chi connectivity index (χ2v) is 6.94. The zero-order chi connectivity index (χ0) is 13.2. The number of alkyl halides is 1. The normalized spacial score (nSPS) is 23.3. The van der Waals surface area contributed by atoms with Crippen LogP contribution in [-0.2, 0) is 13.0 Å². The number of aryl methyl sites for hydroxylation is 1. The van der Waals surface area contributed by atoms with Crippen LogP contribution in [0.15, 0.2) is 24.3 Å². The van der Waals surface area contributed by atoms with Crippen LogP contribution in [0.25, 0.3) is 11.0 Å². The highest BCUT2D eigenvalue weighted by Gasteiger charge is 2.24. The summed E-state index contributed by atoms with van der Waals surface area (Å²) in [6.07, 6.45) is 6.26. The highest BCUT2D eigenvalue weighted by molar-refractivity contribution is 9.09. The van der Waals surface area contributed by atoms with E-state index in [1.165, 1.54) is 37.0 Å². The van der Waals surface area contributed by atoms with Crippen LogP contribution in [0.1, 0.15) is 38.4 Å². The number of halogens is 1. The number of benzene rings is 1. The quantitative estimate of drug-likeness (QED) is 0.755. The monoisotopic (exact) mass is 320 g/mol. The van der Waals surface area contributed by atoms with Crippen molar-refractivity contribution in [3.8, 4) is 0 Å². The molecule has 0 saturated heterocycles. The maximum absolute atomic E-state index is 4.87. The lowest BCUT2D eigenvalue weighted by Crippen LogP contribution is -2.09. The van der Waals surface area contributed by atoms with Gasteiger partial charge in [0.1, 0.15) is 5.82 Å². The second-order valence-electron chi connectivity index (χ2n) is 5.65. The summed E-state index contributed by atoms with van der Waals surface area (Å²) in [7, 11) is 0. The van der Waals surface area contributed by atoms with Crippen molar-refractivity contribution in [2.75, 3.05) is 0 Å². The first-order chi connectivity index (χ1) is 9.28. The summed E-state index contributed by atoms with van der Waals surface area (Å²) in [5.74, 6) is 2.09. The molecule has 1 heterocycles. The Hall–Kier alpha value is -0.830. The van der Waals surface area contributed by atoms with Gasteiger partial charge >= 0.3 is 0 Å². The molecule has 2 unspecified atom stereocenters. The van der Waals surface area contributed by atoms with Gasteiger partial charge in [-0.25, -0.2) is 4.98 Å². The molecule has 1 aliphatic carbocycles. The third-order valence-electron chi connectivity index (χ3n) is 4.13. The molecule has 0 amide bonds. The molecule has 2 nitrogen and oxygen atoms in total. The van der Waals surface area contributed by atoms with Gasteiger partial charge in [-0.05, 0) is 43.7 Å². The molecule has 2 atom stereocenters. The number of imidazole rings is 1. The lowest BCUT2D eigenvalue weighted by atomic mass is 10.0. The first-order valence-electron chi connectivity index (χ1n) is 7.36. The smallest absolute Gasteiger partial charge is 0.110 e. The van der Waals surface area contributed by atoms with Crippen LogP contribution in [0.4, 0.5) is 0 Å². The Kier molecular flexibility index (Phi) is 3.92. The number of hydrogen-bond acceptors (Lipinski definition) is 1. The average Bonchev–Trinajstić information content (AvgIpc) is 2.96. The van der Waals surface area contributed by atoms with Crippen molar-refractivity contribution in [3.63, 3.8) is 0 Å². The summed E-state index contributed by atoms with van der Waals surface area (Å²) in [4.78, 5) is 5.59. The number of hydrogen-bond donors (Lipinski definition) is 0. The predicted octanol–water partition coefficient (Wildman–Crippen LogP) is 4.55. The van der Waals surface area contributed by atoms with E-state index in [2.05, 4.69) is 51.7 Å². The van der Waals surface area contributed by atoms with Crippen LogP contribution in [-0.4, -0.2) is 14.4 Å². The summed E-state index contributed by atoms with van der Waals surface area (Å²) in [6, 6.07) is 8.53. The molecule has 19 heavy (non-hydrogen) atoms. The molecule has 1 fully saturated rings. The lowest BCUT2D eigenvalue weighted by Gasteiger charge is -2.11. The molecule has 0 N–H and O–H groups in total. The molecule has 0 aliphatic heterocycles. The number of nitrogens with zero attached hydrogens (tertiary/aromatic N) is 2. The van der Waals surface area contributed by atoms with Gasteiger partial charge < -0.3 is 4.57 Å². The van der Waals surface area contributed by atoms with E-state index in [9.17, 15) is 0 Å². The van der Waals surface area contributed by atoms with Crippen molar-refractivity contribution in [2.24, 2.45) is 5.92 Å². The van der Waals surface area contributed by atoms with E-state index in [0.717, 1.165) is 29.2 Å². The molecule has 3 rings (SSSR count). The molecule has 0 bridgehead atoms. The zero-order valence-electron chi connectivity index (χ0n) is 11.5. The minimum atomic E-state index is 0.724. The van der Waals surface area contributed by atoms with Crippen LogP contribution in [0.5, 0.6) is 0 Å². The third-order valence-corrected chi connectivity index (χ3v) is 4.96. The van der Waals surface area contributed by atoms with E-state index in [4.69, 9.17) is 4.98 Å². The number of rotatable bonds is 4. The summed E-state index contributed by atoms with van der Waals surface area (Å²) in [6.45, 7) is 3.32. The van der Waals surface area contributed by atoms with Gasteiger partial charge in [0.2, 0.25) is 0 Å². The Morgan fingerprint density at radius 2 is 2.16 bits per heavy atom. The largest absolute Gasteiger partial charge is 0.328 e. The molecule has 1 saturated carbocycles. The Labute approximate surface area is 123 Å². The van der Waals surface area contributed by atoms with Crippen LogP contribution >= 0.6 is 15.9 Å². The van der Waals surface area contributed by atoms with Gasteiger partial charge in [-0.15, -0.1) is 0 Å². The lowest BCUT2D eigenvalue weighted by molar-refractivity contribution is 0.511. The first kappa shape index (κ1) is 13.2. The Morgan fingerprint density at radius 3 is 2.89 bits per heavy atom. The van der Waals surface area contributed by atoms with Crippen molar-refractivity contribution in [1.29, 1.82) is 0 Å². The van der Waals surface area contributed by atoms with E-state index in [0.29, 0.717) is 0 Å². The van der Waals surface area contributed by atoms with Gasteiger partial charge in [-0.2, -0.15) is 0 Å². The first-order valence-corrected chi connectivity index (χ1v) is 8.27. The zero-order valence-corrected chi connectivity index (χ0v) is 13.1. The topological polar surface area (TPSA) is 17.8 Å². The Balaban J connectivity index is 1.90. The molecule has 102 valence electrons. The Morgan fingerprint density at radius 1 is 1.32 bits per heavy atom. The average molecular weight is 321 g/mol. The fourth-order valence-corrected chi connectivity index (χ4v) is 4.00. The van der Waals surface area contributed by atoms with Gasteiger partial charge in [-0.3, -0.25) is 0 Å². The summed E-state index contributed by atoms with van der Waals surface area (Å²) < 4.78 is 2.43. The number of aromatic nitrogens is 2. The van der Waals surface area contributed by atoms with E-state index in [1.54, 1.807) is 0 Å². The molecule has 2 aromatic rings. The SMILES string of the molecule is CCCn1c(CC2CCC(Br)C2)nc2ccccc21. The van der Waals surface area contributed by atoms with Crippen LogP contribution in [0.2, 0.25) is 0 Å². The fourth-order valence-electron chi connectivity index (χ4n) is 3.21. The van der Waals surface area contributed by atoms with Gasteiger partial charge in [0.05, 0.1) is 11.0 Å². The van der Waals surface area contributed by atoms with Gasteiger partial charge in [0.15, 0.2) is 0 Å². The van der Waals surface area contributed by atoms with Crippen LogP contribution in [0, 0.1) is 5.92 Å². The maximum atomic E-state index is 4.87. The van der Waals surface area contributed by atoms with Gasteiger partial charge in [-0.1, -0.05) is 35.0 Å². The summed E-state index contributed by atoms with van der Waals surface area (Å²) in [5, 5.41) is 0. The van der Waals surface area contributed by atoms with Crippen molar-refractivity contribution in [2.45, 2.75) is 50.4 Å². The third kappa shape index (κ3) is 2.71. The minimum Gasteiger partial charge on any atom is -0.328 e. The number of para-hydroxylation sites is 2. The molecule has 1 aromatic carbocycles. The van der Waals surface area contributed by atoms with Crippen LogP contribution in [0.3, 0.4) is 0 Å². The Bertz CT molecular complexity index is 561. The maximum Gasteiger partial charge on any atom is 0.110 e. The van der Waals surface area contributed by atoms with E-state index < -0.39 is 0 Å². The molecule has 1 aliphatic rings. The molecule has 0 radical (unpaired) electrons. The van der Waals surface area contributed by atoms with Gasteiger partial charge in [0, 0.05) is 17.8 Å². The molecule has 3 heteroatoms. The van der Waals surface area contributed by atoms with Gasteiger partial charge in [0.25, 0.3) is 0 Å². The van der Waals surface area contributed by atoms with E-state index >= 15 is 0 Å². The van der Waals surface area contributed by atoms with Crippen molar-refractivity contribution < 1.29 is 0 Å². The van der Waals surface area contributed by atoms with E-state index in [-0.39, 0.29) is 0 Å². The number of fused-ring (bicyclic) bond motifs is 1. The standard InChI is InChI=1S/C16H21BrN2/c1-2-9-19-15-6-4-3-5-14(15)18-16(19)11-12-7-8-13(17)10-12/h3-6,12-13H,2,7-11H2,1H3. The van der Waals surface area contributed by atoms with Crippen molar-refractivity contribution in [1.82, 2.24) is 9.55 Å². The molecular formula is C16H21BrN2. The van der Waals surface area contributed by atoms with Crippen molar-refractivity contribution in [3.05, 3.63) is 30.1 Å². The predicted molar refractivity (Wildman–Crippen MR) is 83.8 cm³/mol. The second kappa shape index (κ2) is 5.66. The molecule has 0 spiro atoms.